The van der Waals surface area contributed by atoms with E-state index in [1.165, 1.54) is 5.56 Å². The molecule has 2 rings (SSSR count). The number of carboxylic acids is 1. The predicted octanol–water partition coefficient (Wildman–Crippen LogP) is 1.80. The van der Waals surface area contributed by atoms with Gasteiger partial charge in [0, 0.05) is 31.5 Å². The molecule has 1 unspecified atom stereocenters. The molecule has 0 bridgehead atoms. The van der Waals surface area contributed by atoms with Crippen molar-refractivity contribution in [1.82, 2.24) is 9.88 Å². The summed E-state index contributed by atoms with van der Waals surface area (Å²) < 4.78 is 0. The van der Waals surface area contributed by atoms with Crippen molar-refractivity contribution in [2.45, 2.75) is 19.9 Å². The Labute approximate surface area is 101 Å². The lowest BCUT2D eigenvalue weighted by atomic mass is 9.99. The van der Waals surface area contributed by atoms with E-state index < -0.39 is 5.97 Å². The number of nitrogens with zero attached hydrogens (tertiary/aromatic N) is 2. The molecule has 3 atom stereocenters. The van der Waals surface area contributed by atoms with Crippen LogP contribution in [0.15, 0.2) is 24.5 Å². The lowest BCUT2D eigenvalue weighted by molar-refractivity contribution is -0.142. The van der Waals surface area contributed by atoms with Crippen LogP contribution in [0.5, 0.6) is 0 Å². The molecule has 1 N–H and O–H groups in total. The molecule has 4 nitrogen and oxygen atoms in total. The number of carboxylic acid groups (broad SMARTS) is 1. The first-order valence-corrected chi connectivity index (χ1v) is 5.96. The average Bonchev–Trinajstić information content (AvgIpc) is 2.71. The summed E-state index contributed by atoms with van der Waals surface area (Å²) in [6, 6.07) is 4.23. The van der Waals surface area contributed by atoms with Crippen molar-refractivity contribution < 1.29 is 9.90 Å². The van der Waals surface area contributed by atoms with Crippen LogP contribution < -0.4 is 0 Å². The fourth-order valence-corrected chi connectivity index (χ4v) is 2.49. The van der Waals surface area contributed by atoms with Crippen molar-refractivity contribution in [3.8, 4) is 0 Å². The number of pyridine rings is 1. The summed E-state index contributed by atoms with van der Waals surface area (Å²) in [7, 11) is 0. The maximum Gasteiger partial charge on any atom is 0.308 e. The lowest BCUT2D eigenvalue weighted by Gasteiger charge is -2.24. The van der Waals surface area contributed by atoms with Crippen LogP contribution in [0.25, 0.3) is 0 Å². The summed E-state index contributed by atoms with van der Waals surface area (Å²) >= 11 is 0. The minimum Gasteiger partial charge on any atom is -0.481 e. The van der Waals surface area contributed by atoms with Crippen LogP contribution in [0, 0.1) is 11.8 Å². The van der Waals surface area contributed by atoms with Crippen LogP contribution in [0.2, 0.25) is 0 Å². The number of aliphatic carboxylic acids is 1. The number of hydrogen-bond donors (Lipinski definition) is 1. The molecule has 1 fully saturated rings. The third kappa shape index (κ3) is 2.47. The number of carbonyl (C=O) groups is 1. The van der Waals surface area contributed by atoms with Gasteiger partial charge in [0.2, 0.25) is 0 Å². The second kappa shape index (κ2) is 4.84. The first-order valence-electron chi connectivity index (χ1n) is 5.96. The number of rotatable bonds is 3. The second-order valence-corrected chi connectivity index (χ2v) is 4.83. The minimum atomic E-state index is -0.679. The molecule has 0 aliphatic carbocycles. The van der Waals surface area contributed by atoms with E-state index in [4.69, 9.17) is 5.11 Å². The molecule has 0 saturated carbocycles. The van der Waals surface area contributed by atoms with E-state index in [0.29, 0.717) is 6.54 Å². The Hall–Kier alpha value is -1.42. The molecular formula is C13H18N2O2. The Bertz CT molecular complexity index is 394. The van der Waals surface area contributed by atoms with Crippen molar-refractivity contribution in [1.29, 1.82) is 0 Å². The predicted molar refractivity (Wildman–Crippen MR) is 64.5 cm³/mol. The maximum absolute atomic E-state index is 11.1. The van der Waals surface area contributed by atoms with E-state index in [2.05, 4.69) is 16.8 Å². The SMILES string of the molecule is CC(c1ccncc1)N1C[C@@H](C)[C@H](C(=O)O)C1. The van der Waals surface area contributed by atoms with E-state index in [1.807, 2.05) is 19.1 Å². The van der Waals surface area contributed by atoms with Crippen LogP contribution in [-0.4, -0.2) is 34.0 Å². The first kappa shape index (κ1) is 12.0. The minimum absolute atomic E-state index is 0.219. The van der Waals surface area contributed by atoms with Crippen molar-refractivity contribution in [2.75, 3.05) is 13.1 Å². The van der Waals surface area contributed by atoms with Gasteiger partial charge in [-0.05, 0) is 30.5 Å². The van der Waals surface area contributed by atoms with Gasteiger partial charge in [-0.1, -0.05) is 6.92 Å². The van der Waals surface area contributed by atoms with Gasteiger partial charge in [0.15, 0.2) is 0 Å². The molecule has 0 amide bonds. The van der Waals surface area contributed by atoms with Gasteiger partial charge < -0.3 is 5.11 Å². The highest BCUT2D eigenvalue weighted by molar-refractivity contribution is 5.71. The molecule has 1 aromatic heterocycles. The molecule has 1 aliphatic rings. The largest absolute Gasteiger partial charge is 0.481 e. The summed E-state index contributed by atoms with van der Waals surface area (Å²) in [4.78, 5) is 17.3. The highest BCUT2D eigenvalue weighted by Gasteiger charge is 2.36. The molecule has 92 valence electrons. The summed E-state index contributed by atoms with van der Waals surface area (Å²) in [6.07, 6.45) is 3.56. The highest BCUT2D eigenvalue weighted by atomic mass is 16.4. The van der Waals surface area contributed by atoms with Gasteiger partial charge in [0.1, 0.15) is 0 Å². The summed E-state index contributed by atoms with van der Waals surface area (Å²) in [5.74, 6) is -0.696. The van der Waals surface area contributed by atoms with E-state index in [-0.39, 0.29) is 17.9 Å². The molecule has 17 heavy (non-hydrogen) atoms. The first-order chi connectivity index (χ1) is 8.09. The summed E-state index contributed by atoms with van der Waals surface area (Å²) in [6.45, 7) is 5.62. The monoisotopic (exact) mass is 234 g/mol. The Morgan fingerprint density at radius 3 is 2.65 bits per heavy atom. The van der Waals surface area contributed by atoms with Crippen LogP contribution >= 0.6 is 0 Å². The Balaban J connectivity index is 2.08. The van der Waals surface area contributed by atoms with Crippen molar-refractivity contribution in [3.63, 3.8) is 0 Å². The topological polar surface area (TPSA) is 53.4 Å². The molecule has 4 heteroatoms. The van der Waals surface area contributed by atoms with Crippen LogP contribution in [-0.2, 0) is 4.79 Å². The molecule has 0 radical (unpaired) electrons. The fraction of sp³-hybridized carbons (Fsp3) is 0.538. The highest BCUT2D eigenvalue weighted by Crippen LogP contribution is 2.30. The number of aromatic nitrogens is 1. The van der Waals surface area contributed by atoms with Crippen molar-refractivity contribution >= 4 is 5.97 Å². The standard InChI is InChI=1S/C13H18N2O2/c1-9-7-15(8-12(9)13(16)17)10(2)11-3-5-14-6-4-11/h3-6,9-10,12H,7-8H2,1-2H3,(H,16,17)/t9-,10?,12-/m1/s1. The normalized spacial score (nSPS) is 26.9. The van der Waals surface area contributed by atoms with Crippen LogP contribution in [0.4, 0.5) is 0 Å². The van der Waals surface area contributed by atoms with Crippen molar-refractivity contribution in [2.24, 2.45) is 11.8 Å². The van der Waals surface area contributed by atoms with Crippen molar-refractivity contribution in [3.05, 3.63) is 30.1 Å². The molecule has 1 aromatic rings. The number of hydrogen-bond acceptors (Lipinski definition) is 3. The van der Waals surface area contributed by atoms with Gasteiger partial charge in [0.05, 0.1) is 5.92 Å². The fourth-order valence-electron chi connectivity index (χ4n) is 2.49. The Kier molecular flexibility index (Phi) is 3.43. The van der Waals surface area contributed by atoms with Gasteiger partial charge in [-0.3, -0.25) is 14.7 Å². The van der Waals surface area contributed by atoms with E-state index >= 15 is 0 Å². The molecule has 1 aliphatic heterocycles. The molecule has 1 saturated heterocycles. The van der Waals surface area contributed by atoms with Gasteiger partial charge in [-0.25, -0.2) is 0 Å². The van der Waals surface area contributed by atoms with E-state index in [1.54, 1.807) is 12.4 Å². The van der Waals surface area contributed by atoms with E-state index in [0.717, 1.165) is 6.54 Å². The smallest absolute Gasteiger partial charge is 0.308 e. The quantitative estimate of drug-likeness (QED) is 0.866. The zero-order valence-corrected chi connectivity index (χ0v) is 10.2. The van der Waals surface area contributed by atoms with Gasteiger partial charge in [0.25, 0.3) is 0 Å². The molecule has 2 heterocycles. The molecular weight excluding hydrogens is 216 g/mol. The zero-order valence-electron chi connectivity index (χ0n) is 10.2. The third-order valence-electron chi connectivity index (χ3n) is 3.69. The third-order valence-corrected chi connectivity index (χ3v) is 3.69. The average molecular weight is 234 g/mol. The second-order valence-electron chi connectivity index (χ2n) is 4.83. The van der Waals surface area contributed by atoms with Crippen LogP contribution in [0.3, 0.4) is 0 Å². The number of likely N-dealkylation sites (tertiary alicyclic amines) is 1. The molecule has 0 aromatic carbocycles. The lowest BCUT2D eigenvalue weighted by Crippen LogP contribution is -2.26. The Morgan fingerprint density at radius 1 is 1.47 bits per heavy atom. The van der Waals surface area contributed by atoms with Gasteiger partial charge in [-0.15, -0.1) is 0 Å². The van der Waals surface area contributed by atoms with Gasteiger partial charge in [-0.2, -0.15) is 0 Å². The van der Waals surface area contributed by atoms with Gasteiger partial charge >= 0.3 is 5.97 Å². The molecule has 0 spiro atoms. The zero-order chi connectivity index (χ0) is 12.4. The summed E-state index contributed by atoms with van der Waals surface area (Å²) in [5, 5.41) is 9.12. The van der Waals surface area contributed by atoms with Crippen LogP contribution in [0.1, 0.15) is 25.5 Å². The Morgan fingerprint density at radius 2 is 2.12 bits per heavy atom. The van der Waals surface area contributed by atoms with E-state index in [9.17, 15) is 4.79 Å². The maximum atomic E-state index is 11.1. The summed E-state index contributed by atoms with van der Waals surface area (Å²) in [5.41, 5.74) is 1.19.